The molecule has 3 N–H and O–H groups in total. The molecule has 2 aromatic rings. The predicted octanol–water partition coefficient (Wildman–Crippen LogP) is 4.24. The molecule has 0 aromatic heterocycles. The highest BCUT2D eigenvalue weighted by molar-refractivity contribution is 6.30. The zero-order valence-electron chi connectivity index (χ0n) is 21.7. The van der Waals surface area contributed by atoms with Gasteiger partial charge in [0.1, 0.15) is 12.4 Å². The molecule has 1 saturated heterocycles. The number of aromatic carboxylic acids is 1. The van der Waals surface area contributed by atoms with Crippen molar-refractivity contribution in [1.29, 1.82) is 0 Å². The third-order valence-electron chi connectivity index (χ3n) is 6.18. The van der Waals surface area contributed by atoms with Gasteiger partial charge in [-0.05, 0) is 55.2 Å². The van der Waals surface area contributed by atoms with Crippen LogP contribution in [0.2, 0.25) is 5.02 Å². The number of amidine groups is 1. The highest BCUT2D eigenvalue weighted by Gasteiger charge is 2.35. The molecule has 2 atom stereocenters. The number of carboxylic acid groups (broad SMARTS) is 1. The summed E-state index contributed by atoms with van der Waals surface area (Å²) in [6.07, 6.45) is 1.43. The fourth-order valence-electron chi connectivity index (χ4n) is 4.36. The maximum absolute atomic E-state index is 13.7. The number of halogens is 1. The number of oxime groups is 1. The largest absolute Gasteiger partial charge is 0.496 e. The third-order valence-corrected chi connectivity index (χ3v) is 6.41. The summed E-state index contributed by atoms with van der Waals surface area (Å²) in [5.74, 6) is -1.24. The average molecular weight is 545 g/mol. The van der Waals surface area contributed by atoms with Crippen LogP contribution < -0.4 is 15.4 Å². The number of nitrogens with one attached hydrogen (secondary N) is 2. The zero-order valence-corrected chi connectivity index (χ0v) is 22.5. The van der Waals surface area contributed by atoms with Crippen molar-refractivity contribution in [1.82, 2.24) is 15.5 Å². The highest BCUT2D eigenvalue weighted by atomic mass is 35.5. The van der Waals surface area contributed by atoms with E-state index in [1.165, 1.54) is 13.2 Å². The van der Waals surface area contributed by atoms with Crippen LogP contribution in [0, 0.1) is 5.92 Å². The fourth-order valence-corrected chi connectivity index (χ4v) is 4.55. The quantitative estimate of drug-likeness (QED) is 0.381. The van der Waals surface area contributed by atoms with Crippen LogP contribution in [0.15, 0.2) is 47.6 Å². The van der Waals surface area contributed by atoms with Crippen molar-refractivity contribution >= 4 is 35.3 Å². The van der Waals surface area contributed by atoms with E-state index >= 15 is 0 Å². The van der Waals surface area contributed by atoms with E-state index in [1.807, 2.05) is 6.92 Å². The Bertz CT molecular complexity index is 1190. The number of carbonyl (C=O) groups is 3. The van der Waals surface area contributed by atoms with E-state index in [0.717, 1.165) is 10.5 Å². The van der Waals surface area contributed by atoms with Crippen LogP contribution in [0.25, 0.3) is 0 Å². The normalized spacial score (nSPS) is 17.4. The Kier molecular flexibility index (Phi) is 10.3. The number of methoxy groups -OCH3 is 1. The van der Waals surface area contributed by atoms with Crippen LogP contribution in [-0.4, -0.2) is 60.6 Å². The van der Waals surface area contributed by atoms with Crippen LogP contribution in [0.1, 0.15) is 54.2 Å². The van der Waals surface area contributed by atoms with Gasteiger partial charge in [-0.3, -0.25) is 9.69 Å². The molecule has 1 aliphatic heterocycles. The van der Waals surface area contributed by atoms with Gasteiger partial charge in [0.05, 0.1) is 31.2 Å². The summed E-state index contributed by atoms with van der Waals surface area (Å²) in [5.41, 5.74) is 1.30. The minimum atomic E-state index is -1.09. The van der Waals surface area contributed by atoms with Crippen LogP contribution in [0.4, 0.5) is 4.79 Å². The predicted molar refractivity (Wildman–Crippen MR) is 144 cm³/mol. The summed E-state index contributed by atoms with van der Waals surface area (Å²) in [7, 11) is 1.54. The topological polar surface area (TPSA) is 130 Å². The molecule has 0 unspecified atom stereocenters. The Morgan fingerprint density at radius 3 is 2.71 bits per heavy atom. The molecular weight excluding hydrogens is 512 g/mol. The molecule has 0 bridgehead atoms. The molecule has 0 aliphatic carbocycles. The fraction of sp³-hybridized carbons (Fsp3) is 0.407. The van der Waals surface area contributed by atoms with Gasteiger partial charge >= 0.3 is 12.0 Å². The molecule has 0 spiro atoms. The van der Waals surface area contributed by atoms with Crippen LogP contribution in [0.3, 0.4) is 0 Å². The smallest absolute Gasteiger partial charge is 0.336 e. The zero-order chi connectivity index (χ0) is 27.7. The van der Waals surface area contributed by atoms with Crippen molar-refractivity contribution in [3.63, 3.8) is 0 Å². The molecule has 3 amide bonds. The van der Waals surface area contributed by atoms with E-state index in [0.29, 0.717) is 41.6 Å². The molecule has 1 fully saturated rings. The number of nitrogens with zero attached hydrogens (tertiary/aromatic N) is 2. The summed E-state index contributed by atoms with van der Waals surface area (Å²) < 4.78 is 5.44. The Labute approximate surface area is 226 Å². The third kappa shape index (κ3) is 7.16. The molecule has 2 aromatic carbocycles. The molecule has 0 saturated carbocycles. The lowest BCUT2D eigenvalue weighted by Crippen LogP contribution is -2.48. The van der Waals surface area contributed by atoms with Crippen molar-refractivity contribution < 1.29 is 29.1 Å². The minimum Gasteiger partial charge on any atom is -0.496 e. The van der Waals surface area contributed by atoms with E-state index in [9.17, 15) is 19.5 Å². The lowest BCUT2D eigenvalue weighted by atomic mass is 9.96. The van der Waals surface area contributed by atoms with Crippen LogP contribution >= 0.6 is 11.6 Å². The Hall–Kier alpha value is -3.79. The molecule has 204 valence electrons. The number of rotatable bonds is 10. The van der Waals surface area contributed by atoms with Gasteiger partial charge < -0.3 is 25.3 Å². The van der Waals surface area contributed by atoms with Crippen molar-refractivity contribution in [2.75, 3.05) is 26.8 Å². The Morgan fingerprint density at radius 1 is 1.26 bits per heavy atom. The van der Waals surface area contributed by atoms with Crippen molar-refractivity contribution in [2.24, 2.45) is 11.1 Å². The summed E-state index contributed by atoms with van der Waals surface area (Å²) in [6.45, 7) is 4.11. The SMILES string of the molecule is CCC[C@@H](NC(=O)N1C/C(=N/OCC)NC[C@H](Cc2cc(Cl)ccc2OC)C1=O)c1ccccc1C(=O)O. The van der Waals surface area contributed by atoms with Crippen molar-refractivity contribution in [3.8, 4) is 5.75 Å². The molecule has 3 rings (SSSR count). The Balaban J connectivity index is 1.92. The van der Waals surface area contributed by atoms with Crippen LogP contribution in [0.5, 0.6) is 5.75 Å². The lowest BCUT2D eigenvalue weighted by Gasteiger charge is -2.26. The molecule has 38 heavy (non-hydrogen) atoms. The van der Waals surface area contributed by atoms with E-state index in [4.69, 9.17) is 21.2 Å². The first-order valence-corrected chi connectivity index (χ1v) is 12.9. The first kappa shape index (κ1) is 28.8. The highest BCUT2D eigenvalue weighted by Crippen LogP contribution is 2.27. The van der Waals surface area contributed by atoms with E-state index in [2.05, 4.69) is 15.8 Å². The summed E-state index contributed by atoms with van der Waals surface area (Å²) >= 11 is 6.19. The van der Waals surface area contributed by atoms with Gasteiger partial charge in [0.15, 0.2) is 5.84 Å². The maximum atomic E-state index is 13.7. The van der Waals surface area contributed by atoms with Crippen molar-refractivity contribution in [2.45, 2.75) is 39.2 Å². The lowest BCUT2D eigenvalue weighted by molar-refractivity contribution is -0.131. The van der Waals surface area contributed by atoms with Gasteiger partial charge in [-0.1, -0.05) is 48.3 Å². The second kappa shape index (κ2) is 13.7. The Morgan fingerprint density at radius 2 is 2.03 bits per heavy atom. The number of urea groups is 1. The number of amides is 3. The molecule has 1 heterocycles. The number of ether oxygens (including phenoxy) is 1. The average Bonchev–Trinajstić information content (AvgIpc) is 3.06. The molecule has 11 heteroatoms. The van der Waals surface area contributed by atoms with Crippen LogP contribution in [-0.2, 0) is 16.1 Å². The summed E-state index contributed by atoms with van der Waals surface area (Å²) in [4.78, 5) is 45.4. The minimum absolute atomic E-state index is 0.0969. The number of hydrogen-bond acceptors (Lipinski definition) is 6. The summed E-state index contributed by atoms with van der Waals surface area (Å²) in [6, 6.07) is 10.4. The second-order valence-electron chi connectivity index (χ2n) is 8.80. The molecule has 1 aliphatic rings. The number of carbonyl (C=O) groups excluding carboxylic acids is 2. The van der Waals surface area contributed by atoms with Gasteiger partial charge in [-0.2, -0.15) is 0 Å². The van der Waals surface area contributed by atoms with Gasteiger partial charge in [0, 0.05) is 11.6 Å². The van der Waals surface area contributed by atoms with E-state index < -0.39 is 29.9 Å². The van der Waals surface area contributed by atoms with Crippen molar-refractivity contribution in [3.05, 3.63) is 64.2 Å². The maximum Gasteiger partial charge on any atom is 0.336 e. The monoisotopic (exact) mass is 544 g/mol. The molecule has 10 nitrogen and oxygen atoms in total. The second-order valence-corrected chi connectivity index (χ2v) is 9.24. The number of hydrogen-bond donors (Lipinski definition) is 3. The van der Waals surface area contributed by atoms with Gasteiger partial charge in [-0.25, -0.2) is 9.59 Å². The van der Waals surface area contributed by atoms with E-state index in [-0.39, 0.29) is 25.1 Å². The number of carboxylic acids is 1. The van der Waals surface area contributed by atoms with E-state index in [1.54, 1.807) is 43.3 Å². The molecule has 0 radical (unpaired) electrons. The first-order chi connectivity index (χ1) is 18.3. The number of benzene rings is 2. The summed E-state index contributed by atoms with van der Waals surface area (Å²) in [5, 5.41) is 20.2. The standard InChI is InChI=1S/C27H33ClN4O6/c1-4-8-22(20-9-6-7-10-21(20)26(34)35)30-27(36)32-16-24(31-38-5-2)29-15-18(25(32)33)13-17-14-19(28)11-12-23(17)37-3/h6-7,9-12,14,18,22H,4-5,8,13,15-16H2,1-3H3,(H,29,31)(H,30,36)(H,34,35)/t18-,22+/m0/s1. The molecular formula is C27H33ClN4O6. The first-order valence-electron chi connectivity index (χ1n) is 12.5. The van der Waals surface area contributed by atoms with Gasteiger partial charge in [0.2, 0.25) is 5.91 Å². The van der Waals surface area contributed by atoms with Gasteiger partial charge in [0.25, 0.3) is 0 Å². The number of imide groups is 1. The van der Waals surface area contributed by atoms with Gasteiger partial charge in [-0.15, -0.1) is 0 Å².